The number of carbonyl (C=O) groups excluding carboxylic acids is 1. The van der Waals surface area contributed by atoms with Gasteiger partial charge in [0.1, 0.15) is 0 Å². The molecule has 0 unspecified atom stereocenters. The SMILES string of the molecule is NCC1(NC(=O)c2cccc3ccccc23)CCCC1. The molecule has 3 nitrogen and oxygen atoms in total. The van der Waals surface area contributed by atoms with E-state index >= 15 is 0 Å². The zero-order valence-corrected chi connectivity index (χ0v) is 11.6. The van der Waals surface area contributed by atoms with Gasteiger partial charge < -0.3 is 11.1 Å². The number of fused-ring (bicyclic) bond motifs is 1. The third-order valence-corrected chi connectivity index (χ3v) is 4.36. The first kappa shape index (κ1) is 13.1. The molecule has 0 bridgehead atoms. The van der Waals surface area contributed by atoms with E-state index in [1.807, 2.05) is 42.5 Å². The number of nitrogens with one attached hydrogen (secondary N) is 1. The van der Waals surface area contributed by atoms with E-state index in [1.54, 1.807) is 0 Å². The maximum Gasteiger partial charge on any atom is 0.252 e. The molecule has 0 atom stereocenters. The molecule has 0 aromatic heterocycles. The highest BCUT2D eigenvalue weighted by Crippen LogP contribution is 2.29. The summed E-state index contributed by atoms with van der Waals surface area (Å²) in [4.78, 5) is 12.6. The molecular formula is C17H20N2O. The Morgan fingerprint density at radius 2 is 1.80 bits per heavy atom. The van der Waals surface area contributed by atoms with Crippen LogP contribution in [-0.2, 0) is 0 Å². The van der Waals surface area contributed by atoms with Crippen LogP contribution in [0.3, 0.4) is 0 Å². The van der Waals surface area contributed by atoms with E-state index in [-0.39, 0.29) is 11.4 Å². The lowest BCUT2D eigenvalue weighted by Gasteiger charge is -2.29. The van der Waals surface area contributed by atoms with Crippen LogP contribution in [0.15, 0.2) is 42.5 Å². The van der Waals surface area contributed by atoms with E-state index in [1.165, 1.54) is 0 Å². The zero-order valence-electron chi connectivity index (χ0n) is 11.6. The molecule has 0 heterocycles. The first-order valence-corrected chi connectivity index (χ1v) is 7.24. The van der Waals surface area contributed by atoms with Crippen LogP contribution in [0.2, 0.25) is 0 Å². The second kappa shape index (κ2) is 5.25. The molecule has 20 heavy (non-hydrogen) atoms. The number of benzene rings is 2. The second-order valence-electron chi connectivity index (χ2n) is 5.67. The molecule has 1 fully saturated rings. The summed E-state index contributed by atoms with van der Waals surface area (Å²) in [6.07, 6.45) is 4.26. The molecule has 3 heteroatoms. The molecule has 1 aliphatic carbocycles. The van der Waals surface area contributed by atoms with E-state index in [2.05, 4.69) is 5.32 Å². The second-order valence-corrected chi connectivity index (χ2v) is 5.67. The van der Waals surface area contributed by atoms with Gasteiger partial charge in [-0.2, -0.15) is 0 Å². The van der Waals surface area contributed by atoms with Gasteiger partial charge in [0.15, 0.2) is 0 Å². The van der Waals surface area contributed by atoms with Gasteiger partial charge in [-0.15, -0.1) is 0 Å². The van der Waals surface area contributed by atoms with Crippen LogP contribution in [0.4, 0.5) is 0 Å². The first-order valence-electron chi connectivity index (χ1n) is 7.24. The smallest absolute Gasteiger partial charge is 0.252 e. The molecule has 2 aromatic rings. The molecule has 104 valence electrons. The maximum atomic E-state index is 12.6. The van der Waals surface area contributed by atoms with E-state index in [0.717, 1.165) is 42.0 Å². The minimum atomic E-state index is -0.200. The van der Waals surface area contributed by atoms with Gasteiger partial charge in [0, 0.05) is 12.1 Å². The van der Waals surface area contributed by atoms with Crippen molar-refractivity contribution in [2.24, 2.45) is 5.73 Å². The van der Waals surface area contributed by atoms with E-state index in [4.69, 9.17) is 5.73 Å². The van der Waals surface area contributed by atoms with Crippen molar-refractivity contribution in [3.8, 4) is 0 Å². The molecule has 3 rings (SSSR count). The Balaban J connectivity index is 1.93. The minimum Gasteiger partial charge on any atom is -0.345 e. The van der Waals surface area contributed by atoms with Crippen LogP contribution in [0, 0.1) is 0 Å². The lowest BCUT2D eigenvalue weighted by molar-refractivity contribution is 0.0905. The summed E-state index contributed by atoms with van der Waals surface area (Å²) in [5, 5.41) is 5.28. The summed E-state index contributed by atoms with van der Waals surface area (Å²) >= 11 is 0. The van der Waals surface area contributed by atoms with Gasteiger partial charge in [-0.1, -0.05) is 49.2 Å². The van der Waals surface area contributed by atoms with Crippen LogP contribution >= 0.6 is 0 Å². The van der Waals surface area contributed by atoms with Crippen molar-refractivity contribution in [1.29, 1.82) is 0 Å². The summed E-state index contributed by atoms with van der Waals surface area (Å²) in [6, 6.07) is 13.8. The average molecular weight is 268 g/mol. The fraction of sp³-hybridized carbons (Fsp3) is 0.353. The third-order valence-electron chi connectivity index (χ3n) is 4.36. The van der Waals surface area contributed by atoms with E-state index < -0.39 is 0 Å². The minimum absolute atomic E-state index is 0.00542. The normalized spacial score (nSPS) is 17.2. The summed E-state index contributed by atoms with van der Waals surface area (Å²) in [7, 11) is 0. The Morgan fingerprint density at radius 3 is 2.55 bits per heavy atom. The summed E-state index contributed by atoms with van der Waals surface area (Å²) in [5.74, 6) is -0.00542. The maximum absolute atomic E-state index is 12.6. The van der Waals surface area contributed by atoms with Gasteiger partial charge in [0.05, 0.1) is 5.54 Å². The lowest BCUT2D eigenvalue weighted by Crippen LogP contribution is -2.51. The monoisotopic (exact) mass is 268 g/mol. The topological polar surface area (TPSA) is 55.1 Å². The molecule has 1 aliphatic rings. The van der Waals surface area contributed by atoms with Crippen molar-refractivity contribution in [2.45, 2.75) is 31.2 Å². The quantitative estimate of drug-likeness (QED) is 0.899. The molecule has 0 aliphatic heterocycles. The molecule has 0 spiro atoms. The Hall–Kier alpha value is -1.87. The van der Waals surface area contributed by atoms with Crippen LogP contribution in [-0.4, -0.2) is 18.0 Å². The van der Waals surface area contributed by atoms with Crippen LogP contribution in [0.25, 0.3) is 10.8 Å². The zero-order chi connectivity index (χ0) is 14.0. The van der Waals surface area contributed by atoms with Crippen molar-refractivity contribution in [3.63, 3.8) is 0 Å². The highest BCUT2D eigenvalue weighted by atomic mass is 16.1. The van der Waals surface area contributed by atoms with Gasteiger partial charge in [-0.3, -0.25) is 4.79 Å². The van der Waals surface area contributed by atoms with Gasteiger partial charge in [-0.05, 0) is 29.7 Å². The number of rotatable bonds is 3. The lowest BCUT2D eigenvalue weighted by atomic mass is 9.96. The van der Waals surface area contributed by atoms with E-state index in [0.29, 0.717) is 6.54 Å². The molecule has 0 saturated heterocycles. The average Bonchev–Trinajstić information content (AvgIpc) is 2.95. The predicted molar refractivity (Wildman–Crippen MR) is 81.7 cm³/mol. The van der Waals surface area contributed by atoms with Gasteiger partial charge in [0.25, 0.3) is 5.91 Å². The Morgan fingerprint density at radius 1 is 1.10 bits per heavy atom. The van der Waals surface area contributed by atoms with E-state index in [9.17, 15) is 4.79 Å². The number of nitrogens with two attached hydrogens (primary N) is 1. The Kier molecular flexibility index (Phi) is 3.45. The molecule has 2 aromatic carbocycles. The highest BCUT2D eigenvalue weighted by molar-refractivity contribution is 6.07. The largest absolute Gasteiger partial charge is 0.345 e. The van der Waals surface area contributed by atoms with Crippen molar-refractivity contribution in [1.82, 2.24) is 5.32 Å². The fourth-order valence-electron chi connectivity index (χ4n) is 3.16. The molecular weight excluding hydrogens is 248 g/mol. The Bertz CT molecular complexity index is 624. The van der Waals surface area contributed by atoms with Gasteiger partial charge in [-0.25, -0.2) is 0 Å². The first-order chi connectivity index (χ1) is 9.74. The van der Waals surface area contributed by atoms with Gasteiger partial charge in [0.2, 0.25) is 0 Å². The Labute approximate surface area is 119 Å². The highest BCUT2D eigenvalue weighted by Gasteiger charge is 2.34. The third kappa shape index (κ3) is 2.29. The van der Waals surface area contributed by atoms with Crippen molar-refractivity contribution in [3.05, 3.63) is 48.0 Å². The van der Waals surface area contributed by atoms with Crippen LogP contribution in [0.5, 0.6) is 0 Å². The van der Waals surface area contributed by atoms with Gasteiger partial charge >= 0.3 is 0 Å². The van der Waals surface area contributed by atoms with Crippen LogP contribution in [0.1, 0.15) is 36.0 Å². The number of hydrogen-bond donors (Lipinski definition) is 2. The van der Waals surface area contributed by atoms with Crippen LogP contribution < -0.4 is 11.1 Å². The standard InChI is InChI=1S/C17H20N2O/c18-12-17(10-3-4-11-17)19-16(20)15-9-5-7-13-6-1-2-8-14(13)15/h1-2,5-9H,3-4,10-12,18H2,(H,19,20). The molecule has 0 radical (unpaired) electrons. The molecule has 3 N–H and O–H groups in total. The molecule has 1 amide bonds. The van der Waals surface area contributed by atoms with Crippen molar-refractivity contribution >= 4 is 16.7 Å². The summed E-state index contributed by atoms with van der Waals surface area (Å²) < 4.78 is 0. The number of carbonyl (C=O) groups is 1. The molecule has 1 saturated carbocycles. The number of hydrogen-bond acceptors (Lipinski definition) is 2. The fourth-order valence-corrected chi connectivity index (χ4v) is 3.16. The number of amides is 1. The summed E-state index contributed by atoms with van der Waals surface area (Å²) in [5.41, 5.74) is 6.43. The van der Waals surface area contributed by atoms with Crippen molar-refractivity contribution < 1.29 is 4.79 Å². The van der Waals surface area contributed by atoms with Crippen molar-refractivity contribution in [2.75, 3.05) is 6.54 Å². The predicted octanol–water partition coefficient (Wildman–Crippen LogP) is 2.84. The summed E-state index contributed by atoms with van der Waals surface area (Å²) in [6.45, 7) is 0.517.